The molecule has 1 unspecified atom stereocenters. The summed E-state index contributed by atoms with van der Waals surface area (Å²) in [6, 6.07) is 10.3. The minimum atomic E-state index is -2.17. The van der Waals surface area contributed by atoms with Gasteiger partial charge >= 0.3 is 0 Å². The molecule has 92 valence electrons. The van der Waals surface area contributed by atoms with Gasteiger partial charge in [0.15, 0.2) is 0 Å². The highest BCUT2D eigenvalue weighted by atomic mass is 28.4. The van der Waals surface area contributed by atoms with Gasteiger partial charge in [-0.3, -0.25) is 0 Å². The summed E-state index contributed by atoms with van der Waals surface area (Å²) in [6.45, 7) is 2.09. The molecule has 0 aromatic heterocycles. The summed E-state index contributed by atoms with van der Waals surface area (Å²) >= 11 is 0. The first kappa shape index (κ1) is 12.6. The van der Waals surface area contributed by atoms with Gasteiger partial charge in [-0.1, -0.05) is 74.2 Å². The maximum absolute atomic E-state index is 10.7. The van der Waals surface area contributed by atoms with E-state index in [2.05, 4.69) is 30.5 Å². The van der Waals surface area contributed by atoms with Gasteiger partial charge in [0.05, 0.1) is 0 Å². The third-order valence-corrected chi connectivity index (χ3v) is 6.92. The molecule has 1 aromatic rings. The first-order valence-corrected chi connectivity index (χ1v) is 9.25. The lowest BCUT2D eigenvalue weighted by Crippen LogP contribution is -2.35. The number of hydrogen-bond acceptors (Lipinski definition) is 1. The molecule has 2 heteroatoms. The van der Waals surface area contributed by atoms with Crippen LogP contribution in [-0.2, 0) is 0 Å². The molecule has 0 aliphatic heterocycles. The Morgan fingerprint density at radius 2 is 1.76 bits per heavy atom. The molecule has 0 bridgehead atoms. The summed E-state index contributed by atoms with van der Waals surface area (Å²) in [5.74, 6) is 0. The summed E-state index contributed by atoms with van der Waals surface area (Å²) in [5, 5.41) is 0. The number of benzene rings is 1. The predicted octanol–water partition coefficient (Wildman–Crippen LogP) is 4.14. The van der Waals surface area contributed by atoms with E-state index in [0.29, 0.717) is 5.54 Å². The van der Waals surface area contributed by atoms with Crippen LogP contribution in [0, 0.1) is 0 Å². The molecule has 0 heterocycles. The monoisotopic (exact) mass is 246 g/mol. The van der Waals surface area contributed by atoms with Gasteiger partial charge in [-0.15, -0.1) is 0 Å². The van der Waals surface area contributed by atoms with Crippen molar-refractivity contribution in [3.05, 3.63) is 41.6 Å². The number of rotatable bonds is 3. The molecule has 0 spiro atoms. The molecule has 1 aliphatic rings. The lowest BCUT2D eigenvalue weighted by Gasteiger charge is -2.31. The fourth-order valence-corrected chi connectivity index (χ4v) is 5.03. The van der Waals surface area contributed by atoms with Crippen molar-refractivity contribution in [2.45, 2.75) is 44.2 Å². The second-order valence-corrected chi connectivity index (χ2v) is 8.91. The fourth-order valence-electron chi connectivity index (χ4n) is 2.65. The molecule has 1 fully saturated rings. The van der Waals surface area contributed by atoms with Crippen LogP contribution in [0.5, 0.6) is 0 Å². The molecule has 1 nitrogen and oxygen atoms in total. The molecular formula is C15H22OSi. The van der Waals surface area contributed by atoms with Gasteiger partial charge in [0.2, 0.25) is 8.32 Å². The smallest absolute Gasteiger partial charge is 0.212 e. The van der Waals surface area contributed by atoms with E-state index >= 15 is 0 Å². The largest absolute Gasteiger partial charge is 0.428 e. The highest BCUT2D eigenvalue weighted by Gasteiger charge is 2.33. The quantitative estimate of drug-likeness (QED) is 0.795. The van der Waals surface area contributed by atoms with Crippen molar-refractivity contribution in [1.82, 2.24) is 0 Å². The van der Waals surface area contributed by atoms with Gasteiger partial charge in [0.25, 0.3) is 0 Å². The van der Waals surface area contributed by atoms with Crippen LogP contribution in [0.25, 0.3) is 6.08 Å². The van der Waals surface area contributed by atoms with Crippen LogP contribution in [0.2, 0.25) is 12.1 Å². The van der Waals surface area contributed by atoms with Crippen molar-refractivity contribution in [2.24, 2.45) is 0 Å². The van der Waals surface area contributed by atoms with E-state index in [1.165, 1.54) is 37.7 Å². The van der Waals surface area contributed by atoms with Gasteiger partial charge < -0.3 is 4.80 Å². The van der Waals surface area contributed by atoms with Gasteiger partial charge in [-0.05, 0) is 17.7 Å². The molecule has 1 aliphatic carbocycles. The second kappa shape index (κ2) is 5.65. The minimum absolute atomic E-state index is 0.566. The summed E-state index contributed by atoms with van der Waals surface area (Å²) in [7, 11) is -2.17. The first-order valence-electron chi connectivity index (χ1n) is 6.65. The average Bonchev–Trinajstić information content (AvgIpc) is 2.39. The zero-order valence-corrected chi connectivity index (χ0v) is 11.6. The first-order chi connectivity index (χ1) is 8.18. The summed E-state index contributed by atoms with van der Waals surface area (Å²) in [6.07, 6.45) is 8.49. The predicted molar refractivity (Wildman–Crippen MR) is 76.1 cm³/mol. The Morgan fingerprint density at radius 1 is 1.12 bits per heavy atom. The Balaban J connectivity index is 2.03. The standard InChI is InChI=1S/C15H22OSi/c1-17(16,15-10-6-3-7-11-15)13-12-14-8-4-2-5-9-14/h2,4-5,8-9,12-13,15-16H,3,6-7,10-11H2,1H3/b13-12+. The molecule has 2 rings (SSSR count). The van der Waals surface area contributed by atoms with Crippen molar-refractivity contribution >= 4 is 14.4 Å². The van der Waals surface area contributed by atoms with Gasteiger partial charge in [-0.2, -0.15) is 0 Å². The van der Waals surface area contributed by atoms with Crippen LogP contribution in [0.15, 0.2) is 36.0 Å². The third kappa shape index (κ3) is 3.55. The lowest BCUT2D eigenvalue weighted by molar-refractivity contribution is 0.440. The van der Waals surface area contributed by atoms with E-state index in [-0.39, 0.29) is 0 Å². The highest BCUT2D eigenvalue weighted by molar-refractivity contribution is 6.78. The van der Waals surface area contributed by atoms with Crippen LogP contribution in [0.4, 0.5) is 0 Å². The lowest BCUT2D eigenvalue weighted by atomic mass is 10.0. The van der Waals surface area contributed by atoms with Crippen molar-refractivity contribution < 1.29 is 4.80 Å². The fraction of sp³-hybridized carbons (Fsp3) is 0.467. The van der Waals surface area contributed by atoms with E-state index in [1.54, 1.807) is 0 Å². The van der Waals surface area contributed by atoms with Crippen LogP contribution in [-0.4, -0.2) is 13.1 Å². The Bertz CT molecular complexity index is 364. The van der Waals surface area contributed by atoms with Crippen LogP contribution < -0.4 is 0 Å². The average molecular weight is 246 g/mol. The molecule has 0 amide bonds. The molecule has 1 saturated carbocycles. The van der Waals surface area contributed by atoms with E-state index in [9.17, 15) is 4.80 Å². The molecule has 0 saturated heterocycles. The Labute approximate surface area is 105 Å². The van der Waals surface area contributed by atoms with Gasteiger partial charge in [0.1, 0.15) is 0 Å². The second-order valence-electron chi connectivity index (χ2n) is 5.30. The zero-order valence-electron chi connectivity index (χ0n) is 10.6. The van der Waals surface area contributed by atoms with E-state index in [4.69, 9.17) is 0 Å². The summed E-state index contributed by atoms with van der Waals surface area (Å²) in [5.41, 5.74) is 3.87. The zero-order chi connectivity index (χ0) is 12.1. The summed E-state index contributed by atoms with van der Waals surface area (Å²) < 4.78 is 0. The number of hydrogen-bond donors (Lipinski definition) is 1. The topological polar surface area (TPSA) is 20.2 Å². The maximum atomic E-state index is 10.7. The SMILES string of the molecule is C[Si](O)(/C=C/c1ccccc1)C1CCCCC1. The maximum Gasteiger partial charge on any atom is 0.212 e. The third-order valence-electron chi connectivity index (χ3n) is 3.84. The van der Waals surface area contributed by atoms with Crippen molar-refractivity contribution in [2.75, 3.05) is 0 Å². The van der Waals surface area contributed by atoms with E-state index in [0.717, 1.165) is 0 Å². The van der Waals surface area contributed by atoms with Crippen LogP contribution in [0.1, 0.15) is 37.7 Å². The van der Waals surface area contributed by atoms with Crippen LogP contribution >= 0.6 is 0 Å². The molecule has 1 N–H and O–H groups in total. The van der Waals surface area contributed by atoms with Crippen molar-refractivity contribution in [1.29, 1.82) is 0 Å². The molecule has 1 atom stereocenters. The van der Waals surface area contributed by atoms with Crippen molar-refractivity contribution in [3.63, 3.8) is 0 Å². The minimum Gasteiger partial charge on any atom is -0.428 e. The van der Waals surface area contributed by atoms with E-state index in [1.807, 2.05) is 18.2 Å². The van der Waals surface area contributed by atoms with Gasteiger partial charge in [0, 0.05) is 0 Å². The molecular weight excluding hydrogens is 224 g/mol. The Hall–Kier alpha value is -0.863. The molecule has 0 radical (unpaired) electrons. The Morgan fingerprint density at radius 3 is 2.41 bits per heavy atom. The normalized spacial score (nSPS) is 21.5. The Kier molecular flexibility index (Phi) is 4.19. The van der Waals surface area contributed by atoms with Crippen LogP contribution in [0.3, 0.4) is 0 Å². The van der Waals surface area contributed by atoms with Crippen molar-refractivity contribution in [3.8, 4) is 0 Å². The van der Waals surface area contributed by atoms with E-state index < -0.39 is 8.32 Å². The van der Waals surface area contributed by atoms with Gasteiger partial charge in [-0.25, -0.2) is 0 Å². The molecule has 1 aromatic carbocycles. The summed E-state index contributed by atoms with van der Waals surface area (Å²) in [4.78, 5) is 10.7. The highest BCUT2D eigenvalue weighted by Crippen LogP contribution is 2.36. The molecule has 17 heavy (non-hydrogen) atoms.